The van der Waals surface area contributed by atoms with Crippen molar-refractivity contribution in [2.75, 3.05) is 20.1 Å². The number of aromatic nitrogens is 1. The van der Waals surface area contributed by atoms with Gasteiger partial charge < -0.3 is 9.88 Å². The first-order valence-electron chi connectivity index (χ1n) is 6.83. The van der Waals surface area contributed by atoms with Gasteiger partial charge in [-0.1, -0.05) is 13.8 Å². The minimum Gasteiger partial charge on any atom is -0.349 e. The molecule has 6 heteroatoms. The molecule has 0 aliphatic heterocycles. The van der Waals surface area contributed by atoms with Crippen LogP contribution in [0.5, 0.6) is 0 Å². The van der Waals surface area contributed by atoms with Crippen molar-refractivity contribution in [3.05, 3.63) is 18.0 Å². The largest absolute Gasteiger partial charge is 0.349 e. The minimum absolute atomic E-state index is 0.381. The lowest BCUT2D eigenvalue weighted by molar-refractivity contribution is 0.486. The van der Waals surface area contributed by atoms with Crippen molar-refractivity contribution in [1.82, 2.24) is 14.2 Å². The number of hydrogen-bond acceptors (Lipinski definition) is 3. The van der Waals surface area contributed by atoms with E-state index >= 15 is 0 Å². The molecule has 1 aromatic rings. The second-order valence-corrected chi connectivity index (χ2v) is 6.59. The normalized spacial score (nSPS) is 12.3. The molecular formula is C13H25N3O2S. The van der Waals surface area contributed by atoms with Gasteiger partial charge in [-0.2, -0.15) is 0 Å². The van der Waals surface area contributed by atoms with Crippen molar-refractivity contribution in [2.45, 2.75) is 45.2 Å². The smallest absolute Gasteiger partial charge is 0.244 e. The number of sulfonamides is 1. The van der Waals surface area contributed by atoms with Crippen molar-refractivity contribution < 1.29 is 8.42 Å². The SMILES string of the molecule is CCCNCc1cc(S(=O)(=O)N(C)CC)cn1CC. The van der Waals surface area contributed by atoms with E-state index in [4.69, 9.17) is 0 Å². The van der Waals surface area contributed by atoms with Crippen LogP contribution in [0.3, 0.4) is 0 Å². The Morgan fingerprint density at radius 2 is 2.00 bits per heavy atom. The van der Waals surface area contributed by atoms with E-state index in [1.165, 1.54) is 4.31 Å². The highest BCUT2D eigenvalue weighted by Gasteiger charge is 2.21. The van der Waals surface area contributed by atoms with Gasteiger partial charge in [0, 0.05) is 38.6 Å². The Morgan fingerprint density at radius 1 is 1.32 bits per heavy atom. The van der Waals surface area contributed by atoms with Gasteiger partial charge in [-0.15, -0.1) is 0 Å². The average Bonchev–Trinajstić information content (AvgIpc) is 2.82. The van der Waals surface area contributed by atoms with Gasteiger partial charge in [0.2, 0.25) is 10.0 Å². The highest BCUT2D eigenvalue weighted by atomic mass is 32.2. The number of aryl methyl sites for hydroxylation is 1. The fourth-order valence-corrected chi connectivity index (χ4v) is 3.10. The van der Waals surface area contributed by atoms with Gasteiger partial charge in [0.15, 0.2) is 0 Å². The fraction of sp³-hybridized carbons (Fsp3) is 0.692. The van der Waals surface area contributed by atoms with Gasteiger partial charge >= 0.3 is 0 Å². The number of nitrogens with zero attached hydrogens (tertiary/aromatic N) is 2. The molecule has 0 spiro atoms. The fourth-order valence-electron chi connectivity index (χ4n) is 1.85. The highest BCUT2D eigenvalue weighted by molar-refractivity contribution is 7.89. The molecule has 1 rings (SSSR count). The van der Waals surface area contributed by atoms with E-state index in [2.05, 4.69) is 12.2 Å². The molecule has 0 radical (unpaired) electrons. The van der Waals surface area contributed by atoms with Crippen LogP contribution < -0.4 is 5.32 Å². The van der Waals surface area contributed by atoms with Crippen LogP contribution in [-0.4, -0.2) is 37.4 Å². The second kappa shape index (κ2) is 7.07. The van der Waals surface area contributed by atoms with Crippen molar-refractivity contribution in [1.29, 1.82) is 0 Å². The van der Waals surface area contributed by atoms with Crippen LogP contribution in [0.1, 0.15) is 32.9 Å². The second-order valence-electron chi connectivity index (χ2n) is 4.55. The Labute approximate surface area is 116 Å². The quantitative estimate of drug-likeness (QED) is 0.740. The molecule has 1 aromatic heterocycles. The molecule has 0 atom stereocenters. The molecule has 1 heterocycles. The summed E-state index contributed by atoms with van der Waals surface area (Å²) in [7, 11) is -1.74. The first kappa shape index (κ1) is 16.2. The zero-order valence-corrected chi connectivity index (χ0v) is 13.1. The molecule has 5 nitrogen and oxygen atoms in total. The van der Waals surface area contributed by atoms with Crippen molar-refractivity contribution >= 4 is 10.0 Å². The van der Waals surface area contributed by atoms with Crippen LogP contribution in [0.15, 0.2) is 17.2 Å². The van der Waals surface area contributed by atoms with E-state index in [9.17, 15) is 8.42 Å². The molecule has 0 saturated carbocycles. The van der Waals surface area contributed by atoms with Gasteiger partial charge in [-0.05, 0) is 26.0 Å². The third kappa shape index (κ3) is 3.81. The molecule has 1 N–H and O–H groups in total. The molecular weight excluding hydrogens is 262 g/mol. The average molecular weight is 287 g/mol. The molecule has 0 unspecified atom stereocenters. The van der Waals surface area contributed by atoms with Crippen molar-refractivity contribution in [3.63, 3.8) is 0 Å². The number of hydrogen-bond donors (Lipinski definition) is 1. The van der Waals surface area contributed by atoms with Crippen LogP contribution in [0.4, 0.5) is 0 Å². The zero-order valence-electron chi connectivity index (χ0n) is 12.3. The topological polar surface area (TPSA) is 54.3 Å². The Hall–Kier alpha value is -0.850. The monoisotopic (exact) mass is 287 g/mol. The summed E-state index contributed by atoms with van der Waals surface area (Å²) in [5.41, 5.74) is 1.01. The Bertz CT molecular complexity index is 494. The molecule has 0 bridgehead atoms. The van der Waals surface area contributed by atoms with E-state index < -0.39 is 10.0 Å². The number of rotatable bonds is 8. The summed E-state index contributed by atoms with van der Waals surface area (Å²) >= 11 is 0. The predicted octanol–water partition coefficient (Wildman–Crippen LogP) is 1.65. The van der Waals surface area contributed by atoms with Gasteiger partial charge in [0.1, 0.15) is 4.90 Å². The maximum Gasteiger partial charge on any atom is 0.244 e. The lowest BCUT2D eigenvalue weighted by atomic mass is 10.4. The lowest BCUT2D eigenvalue weighted by Crippen LogP contribution is -2.26. The molecule has 0 aliphatic carbocycles. The molecule has 0 fully saturated rings. The van der Waals surface area contributed by atoms with Gasteiger partial charge in [-0.3, -0.25) is 0 Å². The van der Waals surface area contributed by atoms with Gasteiger partial charge in [0.05, 0.1) is 0 Å². The molecule has 0 aromatic carbocycles. The van der Waals surface area contributed by atoms with E-state index in [1.54, 1.807) is 19.3 Å². The summed E-state index contributed by atoms with van der Waals surface area (Å²) in [5, 5.41) is 3.30. The highest BCUT2D eigenvalue weighted by Crippen LogP contribution is 2.18. The summed E-state index contributed by atoms with van der Waals surface area (Å²) in [5.74, 6) is 0. The van der Waals surface area contributed by atoms with Crippen molar-refractivity contribution in [3.8, 4) is 0 Å². The maximum atomic E-state index is 12.3. The molecule has 0 amide bonds. The van der Waals surface area contributed by atoms with Crippen molar-refractivity contribution in [2.24, 2.45) is 0 Å². The third-order valence-electron chi connectivity index (χ3n) is 3.19. The minimum atomic E-state index is -3.35. The standard InChI is InChI=1S/C13H25N3O2S/c1-5-8-14-10-12-9-13(11-16(12)7-3)19(17,18)15(4)6-2/h9,11,14H,5-8,10H2,1-4H3. The van der Waals surface area contributed by atoms with E-state index in [0.717, 1.165) is 25.2 Å². The third-order valence-corrected chi connectivity index (χ3v) is 5.09. The van der Waals surface area contributed by atoms with E-state index in [0.29, 0.717) is 18.0 Å². The summed E-state index contributed by atoms with van der Waals surface area (Å²) in [4.78, 5) is 0.381. The molecule has 19 heavy (non-hydrogen) atoms. The maximum absolute atomic E-state index is 12.3. The number of nitrogens with one attached hydrogen (secondary N) is 1. The Balaban J connectivity index is 2.98. The Kier molecular flexibility index (Phi) is 6.03. The predicted molar refractivity (Wildman–Crippen MR) is 77.6 cm³/mol. The summed E-state index contributed by atoms with van der Waals surface area (Å²) in [6.45, 7) is 8.84. The van der Waals surface area contributed by atoms with Crippen LogP contribution in [0.2, 0.25) is 0 Å². The lowest BCUT2D eigenvalue weighted by Gasteiger charge is -2.12. The summed E-state index contributed by atoms with van der Waals surface area (Å²) in [6.07, 6.45) is 2.79. The summed E-state index contributed by atoms with van der Waals surface area (Å²) in [6, 6.07) is 1.77. The zero-order chi connectivity index (χ0) is 14.5. The van der Waals surface area contributed by atoms with E-state index in [1.807, 2.05) is 18.4 Å². The van der Waals surface area contributed by atoms with Gasteiger partial charge in [-0.25, -0.2) is 12.7 Å². The van der Waals surface area contributed by atoms with Crippen LogP contribution in [-0.2, 0) is 23.1 Å². The van der Waals surface area contributed by atoms with Crippen LogP contribution >= 0.6 is 0 Å². The van der Waals surface area contributed by atoms with E-state index in [-0.39, 0.29) is 0 Å². The molecule has 0 aliphatic rings. The van der Waals surface area contributed by atoms with Crippen LogP contribution in [0, 0.1) is 0 Å². The molecule has 0 saturated heterocycles. The van der Waals surface area contributed by atoms with Crippen LogP contribution in [0.25, 0.3) is 0 Å². The summed E-state index contributed by atoms with van der Waals surface area (Å²) < 4.78 is 27.9. The first-order valence-corrected chi connectivity index (χ1v) is 8.27. The molecule has 110 valence electrons. The van der Waals surface area contributed by atoms with Gasteiger partial charge in [0.25, 0.3) is 0 Å². The first-order chi connectivity index (χ1) is 8.97. The Morgan fingerprint density at radius 3 is 2.53 bits per heavy atom.